The van der Waals surface area contributed by atoms with Crippen molar-refractivity contribution in [2.24, 2.45) is 0 Å². The molecule has 4 nitrogen and oxygen atoms in total. The van der Waals surface area contributed by atoms with Crippen LogP contribution in [0, 0.1) is 0 Å². The number of amides is 2. The molecule has 0 saturated carbocycles. The molecule has 0 heterocycles. The number of nitrogens with one attached hydrogen (secondary N) is 2. The number of halogens is 3. The van der Waals surface area contributed by atoms with Crippen molar-refractivity contribution in [2.45, 2.75) is 51.4 Å². The number of aliphatic hydroxyl groups is 1. The van der Waals surface area contributed by atoms with Crippen LogP contribution in [0.3, 0.4) is 0 Å². The van der Waals surface area contributed by atoms with Crippen molar-refractivity contribution in [2.75, 3.05) is 6.54 Å². The number of hydrogen-bond acceptors (Lipinski definition) is 2. The van der Waals surface area contributed by atoms with Crippen molar-refractivity contribution in [1.29, 1.82) is 0 Å². The van der Waals surface area contributed by atoms with Gasteiger partial charge in [0.2, 0.25) is 0 Å². The number of rotatable bonds is 7. The van der Waals surface area contributed by atoms with Crippen LogP contribution in [-0.4, -0.2) is 29.8 Å². The van der Waals surface area contributed by atoms with Gasteiger partial charge in [-0.05, 0) is 37.8 Å². The zero-order valence-corrected chi connectivity index (χ0v) is 13.3. The Morgan fingerprint density at radius 3 is 2.57 bits per heavy atom. The van der Waals surface area contributed by atoms with Gasteiger partial charge in [0, 0.05) is 12.6 Å². The van der Waals surface area contributed by atoms with Crippen molar-refractivity contribution in [3.8, 4) is 0 Å². The van der Waals surface area contributed by atoms with Crippen LogP contribution in [-0.2, 0) is 12.6 Å². The quantitative estimate of drug-likeness (QED) is 0.718. The molecule has 0 radical (unpaired) electrons. The molecule has 0 spiro atoms. The van der Waals surface area contributed by atoms with E-state index in [2.05, 4.69) is 10.6 Å². The molecule has 130 valence electrons. The van der Waals surface area contributed by atoms with E-state index in [-0.39, 0.29) is 12.0 Å². The van der Waals surface area contributed by atoms with Gasteiger partial charge >= 0.3 is 12.2 Å². The number of carbonyl (C=O) groups is 1. The molecule has 23 heavy (non-hydrogen) atoms. The highest BCUT2D eigenvalue weighted by Crippen LogP contribution is 2.32. The lowest BCUT2D eigenvalue weighted by molar-refractivity contribution is -0.138. The second-order valence-corrected chi connectivity index (χ2v) is 5.51. The lowest BCUT2D eigenvalue weighted by Crippen LogP contribution is -2.42. The largest absolute Gasteiger partial charge is 0.416 e. The first kappa shape index (κ1) is 19.3. The summed E-state index contributed by atoms with van der Waals surface area (Å²) in [6.07, 6.45) is -3.75. The van der Waals surface area contributed by atoms with Crippen LogP contribution < -0.4 is 10.6 Å². The van der Waals surface area contributed by atoms with E-state index in [1.165, 1.54) is 12.1 Å². The molecule has 2 atom stereocenters. The summed E-state index contributed by atoms with van der Waals surface area (Å²) in [5.41, 5.74) is -0.533. The van der Waals surface area contributed by atoms with Crippen LogP contribution in [0.4, 0.5) is 18.0 Å². The summed E-state index contributed by atoms with van der Waals surface area (Å²) in [6.45, 7) is 3.80. The van der Waals surface area contributed by atoms with Gasteiger partial charge in [0.25, 0.3) is 0 Å². The van der Waals surface area contributed by atoms with Gasteiger partial charge < -0.3 is 15.7 Å². The van der Waals surface area contributed by atoms with Crippen LogP contribution in [0.2, 0.25) is 0 Å². The van der Waals surface area contributed by atoms with Crippen LogP contribution in [0.5, 0.6) is 0 Å². The summed E-state index contributed by atoms with van der Waals surface area (Å²) in [6, 6.07) is 4.43. The molecular formula is C16H23F3N2O2. The maximum atomic E-state index is 12.9. The lowest BCUT2D eigenvalue weighted by Gasteiger charge is -2.18. The van der Waals surface area contributed by atoms with Crippen LogP contribution in [0.25, 0.3) is 0 Å². The molecule has 2 amide bonds. The first-order valence-corrected chi connectivity index (χ1v) is 7.61. The summed E-state index contributed by atoms with van der Waals surface area (Å²) in [4.78, 5) is 11.7. The normalized spacial score (nSPS) is 14.2. The third kappa shape index (κ3) is 6.90. The Bertz CT molecular complexity index is 506. The van der Waals surface area contributed by atoms with E-state index in [0.717, 1.165) is 6.07 Å². The van der Waals surface area contributed by atoms with Gasteiger partial charge in [-0.1, -0.05) is 25.1 Å². The Labute approximate surface area is 134 Å². The molecule has 7 heteroatoms. The molecular weight excluding hydrogens is 309 g/mol. The van der Waals surface area contributed by atoms with Gasteiger partial charge in [0.1, 0.15) is 0 Å². The third-order valence-electron chi connectivity index (χ3n) is 3.46. The van der Waals surface area contributed by atoms with Crippen molar-refractivity contribution in [3.63, 3.8) is 0 Å². The van der Waals surface area contributed by atoms with Crippen molar-refractivity contribution in [3.05, 3.63) is 35.4 Å². The predicted molar refractivity (Wildman–Crippen MR) is 82.1 cm³/mol. The van der Waals surface area contributed by atoms with E-state index in [9.17, 15) is 23.1 Å². The van der Waals surface area contributed by atoms with E-state index < -0.39 is 29.9 Å². The highest BCUT2D eigenvalue weighted by atomic mass is 19.4. The molecule has 0 aliphatic carbocycles. The zero-order valence-electron chi connectivity index (χ0n) is 13.3. The maximum absolute atomic E-state index is 12.9. The number of benzene rings is 1. The molecule has 1 aromatic rings. The molecule has 1 rings (SSSR count). The Balaban J connectivity index is 2.51. The van der Waals surface area contributed by atoms with Gasteiger partial charge in [-0.25, -0.2) is 4.79 Å². The number of aliphatic hydroxyl groups excluding tert-OH is 1. The molecule has 2 unspecified atom stereocenters. The van der Waals surface area contributed by atoms with E-state index >= 15 is 0 Å². The third-order valence-corrected chi connectivity index (χ3v) is 3.46. The monoisotopic (exact) mass is 332 g/mol. The fourth-order valence-corrected chi connectivity index (χ4v) is 2.19. The van der Waals surface area contributed by atoms with Gasteiger partial charge in [-0.3, -0.25) is 0 Å². The minimum atomic E-state index is -4.41. The van der Waals surface area contributed by atoms with Crippen molar-refractivity contribution in [1.82, 2.24) is 10.6 Å². The van der Waals surface area contributed by atoms with Crippen LogP contribution in [0.15, 0.2) is 24.3 Å². The number of carbonyl (C=O) groups excluding carboxylic acids is 1. The van der Waals surface area contributed by atoms with E-state index in [1.807, 2.05) is 6.92 Å². The van der Waals surface area contributed by atoms with E-state index in [1.54, 1.807) is 13.0 Å². The van der Waals surface area contributed by atoms with Crippen LogP contribution >= 0.6 is 0 Å². The smallest absolute Gasteiger partial charge is 0.393 e. The summed E-state index contributed by atoms with van der Waals surface area (Å²) < 4.78 is 38.7. The Hall–Kier alpha value is -1.76. The fraction of sp³-hybridized carbons (Fsp3) is 0.562. The Morgan fingerprint density at radius 1 is 1.30 bits per heavy atom. The minimum Gasteiger partial charge on any atom is -0.393 e. The summed E-state index contributed by atoms with van der Waals surface area (Å²) >= 11 is 0. The van der Waals surface area contributed by atoms with Gasteiger partial charge in [0.15, 0.2) is 0 Å². The van der Waals surface area contributed by atoms with Crippen molar-refractivity contribution >= 4 is 6.03 Å². The Kier molecular flexibility index (Phi) is 7.35. The molecule has 0 saturated heterocycles. The molecule has 0 bridgehead atoms. The van der Waals surface area contributed by atoms with E-state index in [0.29, 0.717) is 19.4 Å². The van der Waals surface area contributed by atoms with Gasteiger partial charge in [-0.15, -0.1) is 0 Å². The predicted octanol–water partition coefficient (Wildman–Crippen LogP) is 3.10. The first-order valence-electron chi connectivity index (χ1n) is 7.61. The average Bonchev–Trinajstić information content (AvgIpc) is 2.46. The summed E-state index contributed by atoms with van der Waals surface area (Å²) in [7, 11) is 0. The Morgan fingerprint density at radius 2 is 1.96 bits per heavy atom. The lowest BCUT2D eigenvalue weighted by atomic mass is 10.0. The molecule has 0 fully saturated rings. The topological polar surface area (TPSA) is 61.4 Å². The zero-order chi connectivity index (χ0) is 17.5. The average molecular weight is 332 g/mol. The molecule has 3 N–H and O–H groups in total. The number of hydrogen-bond donors (Lipinski definition) is 3. The highest BCUT2D eigenvalue weighted by molar-refractivity contribution is 5.74. The summed E-state index contributed by atoms with van der Waals surface area (Å²) in [5.74, 6) is 0. The highest BCUT2D eigenvalue weighted by Gasteiger charge is 2.33. The number of alkyl halides is 3. The standard InChI is InChI=1S/C16H23F3N2O2/c1-3-13(22)8-9-20-15(23)21-11(2)10-12-6-4-5-7-14(12)16(17,18)19/h4-7,11,13,22H,3,8-10H2,1-2H3,(H2,20,21,23). The van der Waals surface area contributed by atoms with Crippen molar-refractivity contribution < 1.29 is 23.1 Å². The second-order valence-electron chi connectivity index (χ2n) is 5.51. The number of urea groups is 1. The van der Waals surface area contributed by atoms with Gasteiger partial charge in [0.05, 0.1) is 11.7 Å². The van der Waals surface area contributed by atoms with Crippen LogP contribution in [0.1, 0.15) is 37.8 Å². The second kappa shape index (κ2) is 8.76. The molecule has 0 aliphatic heterocycles. The molecule has 1 aromatic carbocycles. The summed E-state index contributed by atoms with van der Waals surface area (Å²) in [5, 5.41) is 14.6. The molecule has 0 aliphatic rings. The SMILES string of the molecule is CCC(O)CCNC(=O)NC(C)Cc1ccccc1C(F)(F)F. The fourth-order valence-electron chi connectivity index (χ4n) is 2.19. The first-order chi connectivity index (χ1) is 10.7. The minimum absolute atomic E-state index is 0.0840. The maximum Gasteiger partial charge on any atom is 0.416 e. The molecule has 0 aromatic heterocycles. The van der Waals surface area contributed by atoms with E-state index in [4.69, 9.17) is 0 Å². The van der Waals surface area contributed by atoms with Gasteiger partial charge in [-0.2, -0.15) is 13.2 Å².